The van der Waals surface area contributed by atoms with E-state index in [4.69, 9.17) is 9.72 Å². The summed E-state index contributed by atoms with van der Waals surface area (Å²) in [5.74, 6) is 0.385. The summed E-state index contributed by atoms with van der Waals surface area (Å²) in [5, 5.41) is 4.23. The smallest absolute Gasteiger partial charge is 0.433 e. The molecule has 0 unspecified atom stereocenters. The number of hydrogen-bond donors (Lipinski definition) is 1. The Hall–Kier alpha value is -2.95. The van der Waals surface area contributed by atoms with Crippen LogP contribution in [0.4, 0.5) is 28.9 Å². The zero-order valence-corrected chi connectivity index (χ0v) is 20.2. The van der Waals surface area contributed by atoms with Crippen LogP contribution in [0.15, 0.2) is 24.4 Å². The lowest BCUT2D eigenvalue weighted by molar-refractivity contribution is -0.140. The van der Waals surface area contributed by atoms with Crippen molar-refractivity contribution in [3.63, 3.8) is 0 Å². The van der Waals surface area contributed by atoms with E-state index in [9.17, 15) is 18.0 Å². The molecule has 11 heteroatoms. The molecule has 0 saturated carbocycles. The number of halogens is 3. The molecule has 1 aliphatic heterocycles. The van der Waals surface area contributed by atoms with Crippen molar-refractivity contribution in [1.29, 1.82) is 0 Å². The number of piperidine rings is 1. The predicted octanol–water partition coefficient (Wildman–Crippen LogP) is 6.27. The SMILES string of the molecule is Cc1cnc(Nc2nc(C3CCN(C(=O)OC(C)(C)C)CC3)cc3nc(C(F)(F)F)ccc23)s1. The first kappa shape index (κ1) is 24.2. The summed E-state index contributed by atoms with van der Waals surface area (Å²) in [4.78, 5) is 27.9. The Bertz CT molecular complexity index is 1200. The lowest BCUT2D eigenvalue weighted by atomic mass is 9.92. The predicted molar refractivity (Wildman–Crippen MR) is 124 cm³/mol. The number of hydrogen-bond acceptors (Lipinski definition) is 7. The Balaban J connectivity index is 1.63. The number of nitrogens with zero attached hydrogens (tertiary/aromatic N) is 4. The van der Waals surface area contributed by atoms with E-state index < -0.39 is 17.5 Å². The lowest BCUT2D eigenvalue weighted by Crippen LogP contribution is -2.41. The van der Waals surface area contributed by atoms with Gasteiger partial charge in [-0.2, -0.15) is 13.2 Å². The Kier molecular flexibility index (Phi) is 6.41. The van der Waals surface area contributed by atoms with Gasteiger partial charge in [0, 0.05) is 41.2 Å². The average Bonchev–Trinajstić information content (AvgIpc) is 3.16. The van der Waals surface area contributed by atoms with Crippen LogP contribution in [0.2, 0.25) is 0 Å². The number of carbonyl (C=O) groups excluding carboxylic acids is 1. The molecule has 0 atom stereocenters. The molecule has 3 aromatic heterocycles. The van der Waals surface area contributed by atoms with Crippen LogP contribution < -0.4 is 5.32 Å². The second-order valence-corrected chi connectivity index (χ2v) is 10.5. The van der Waals surface area contributed by atoms with E-state index in [1.807, 2.05) is 27.7 Å². The molecule has 7 nitrogen and oxygen atoms in total. The molecule has 4 heterocycles. The van der Waals surface area contributed by atoms with Gasteiger partial charge in [0.15, 0.2) is 5.13 Å². The standard InChI is InChI=1S/C23H26F3N5O2S/c1-13-12-27-20(34-13)30-19-15-5-6-18(23(24,25)26)28-17(15)11-16(29-19)14-7-9-31(10-8-14)21(32)33-22(2,3)4/h5-6,11-12,14H,7-10H2,1-4H3,(H,27,29,30). The first-order valence-electron chi connectivity index (χ1n) is 11.0. The van der Waals surface area contributed by atoms with Crippen LogP contribution in [0.3, 0.4) is 0 Å². The van der Waals surface area contributed by atoms with Crippen LogP contribution in [0.25, 0.3) is 10.9 Å². The van der Waals surface area contributed by atoms with Crippen molar-refractivity contribution in [2.45, 2.75) is 58.2 Å². The highest BCUT2D eigenvalue weighted by Crippen LogP contribution is 2.35. The minimum Gasteiger partial charge on any atom is -0.444 e. The highest BCUT2D eigenvalue weighted by Gasteiger charge is 2.33. The summed E-state index contributed by atoms with van der Waals surface area (Å²) in [7, 11) is 0. The van der Waals surface area contributed by atoms with E-state index in [1.165, 1.54) is 17.4 Å². The van der Waals surface area contributed by atoms with Gasteiger partial charge in [-0.15, -0.1) is 11.3 Å². The highest BCUT2D eigenvalue weighted by atomic mass is 32.1. The first-order valence-corrected chi connectivity index (χ1v) is 11.8. The van der Waals surface area contributed by atoms with E-state index >= 15 is 0 Å². The summed E-state index contributed by atoms with van der Waals surface area (Å²) in [6, 6.07) is 3.97. The van der Waals surface area contributed by atoms with Crippen molar-refractivity contribution in [2.75, 3.05) is 18.4 Å². The molecule has 1 N–H and O–H groups in total. The molecular formula is C23H26F3N5O2S. The first-order chi connectivity index (χ1) is 15.9. The van der Waals surface area contributed by atoms with Gasteiger partial charge in [0.05, 0.1) is 5.52 Å². The van der Waals surface area contributed by atoms with Crippen molar-refractivity contribution < 1.29 is 22.7 Å². The molecular weight excluding hydrogens is 467 g/mol. The molecule has 3 aromatic rings. The number of aryl methyl sites for hydroxylation is 1. The number of ether oxygens (including phenoxy) is 1. The third-order valence-electron chi connectivity index (χ3n) is 5.41. The fraction of sp³-hybridized carbons (Fsp3) is 0.478. The summed E-state index contributed by atoms with van der Waals surface area (Å²) in [6.45, 7) is 8.32. The number of fused-ring (bicyclic) bond motifs is 1. The Morgan fingerprint density at radius 3 is 2.47 bits per heavy atom. The number of thiazole rings is 1. The third-order valence-corrected chi connectivity index (χ3v) is 6.24. The molecule has 0 aliphatic carbocycles. The maximum absolute atomic E-state index is 13.3. The van der Waals surface area contributed by atoms with Crippen LogP contribution in [0, 0.1) is 6.92 Å². The maximum atomic E-state index is 13.3. The van der Waals surface area contributed by atoms with Crippen molar-refractivity contribution in [3.8, 4) is 0 Å². The van der Waals surface area contributed by atoms with Crippen LogP contribution in [-0.4, -0.2) is 44.6 Å². The van der Waals surface area contributed by atoms with Crippen LogP contribution in [-0.2, 0) is 10.9 Å². The zero-order valence-electron chi connectivity index (χ0n) is 19.4. The fourth-order valence-corrected chi connectivity index (χ4v) is 4.47. The van der Waals surface area contributed by atoms with Crippen molar-refractivity contribution in [1.82, 2.24) is 19.9 Å². The third kappa shape index (κ3) is 5.57. The fourth-order valence-electron chi connectivity index (χ4n) is 3.81. The lowest BCUT2D eigenvalue weighted by Gasteiger charge is -2.33. The van der Waals surface area contributed by atoms with E-state index in [-0.39, 0.29) is 17.5 Å². The van der Waals surface area contributed by atoms with Crippen molar-refractivity contribution in [3.05, 3.63) is 40.7 Å². The van der Waals surface area contributed by atoms with Crippen LogP contribution >= 0.6 is 11.3 Å². The highest BCUT2D eigenvalue weighted by molar-refractivity contribution is 7.15. The van der Waals surface area contributed by atoms with Crippen molar-refractivity contribution >= 4 is 39.3 Å². The number of pyridine rings is 2. The molecule has 0 radical (unpaired) electrons. The normalized spacial score (nSPS) is 15.6. The van der Waals surface area contributed by atoms with Gasteiger partial charge in [-0.05, 0) is 58.7 Å². The topological polar surface area (TPSA) is 80.2 Å². The summed E-state index contributed by atoms with van der Waals surface area (Å²) in [6.07, 6.45) is -1.96. The molecule has 1 amide bonds. The number of nitrogens with one attached hydrogen (secondary N) is 1. The van der Waals surface area contributed by atoms with Gasteiger partial charge in [-0.25, -0.2) is 19.7 Å². The molecule has 4 rings (SSSR count). The number of carbonyl (C=O) groups is 1. The van der Waals surface area contributed by atoms with Gasteiger partial charge in [0.25, 0.3) is 0 Å². The van der Waals surface area contributed by atoms with E-state index in [1.54, 1.807) is 17.2 Å². The number of amides is 1. The number of rotatable bonds is 3. The molecule has 1 fully saturated rings. The number of likely N-dealkylation sites (tertiary alicyclic amines) is 1. The molecule has 182 valence electrons. The van der Waals surface area contributed by atoms with E-state index in [2.05, 4.69) is 15.3 Å². The summed E-state index contributed by atoms with van der Waals surface area (Å²) in [5.41, 5.74) is -0.679. The van der Waals surface area contributed by atoms with Gasteiger partial charge in [0.1, 0.15) is 17.1 Å². The van der Waals surface area contributed by atoms with Gasteiger partial charge in [0.2, 0.25) is 0 Å². The average molecular weight is 494 g/mol. The number of alkyl halides is 3. The monoisotopic (exact) mass is 493 g/mol. The largest absolute Gasteiger partial charge is 0.444 e. The summed E-state index contributed by atoms with van der Waals surface area (Å²) >= 11 is 1.43. The van der Waals surface area contributed by atoms with Crippen molar-refractivity contribution in [2.24, 2.45) is 0 Å². The van der Waals surface area contributed by atoms with Gasteiger partial charge in [-0.3, -0.25) is 0 Å². The quantitative estimate of drug-likeness (QED) is 0.463. The minimum atomic E-state index is -4.55. The molecule has 0 bridgehead atoms. The Morgan fingerprint density at radius 1 is 1.18 bits per heavy atom. The number of anilines is 2. The molecule has 0 aromatic carbocycles. The zero-order chi connectivity index (χ0) is 24.7. The molecule has 34 heavy (non-hydrogen) atoms. The second kappa shape index (κ2) is 9.01. The van der Waals surface area contributed by atoms with E-state index in [0.717, 1.165) is 10.9 Å². The Labute approximate surface area is 199 Å². The van der Waals surface area contributed by atoms with Gasteiger partial charge in [-0.1, -0.05) is 0 Å². The van der Waals surface area contributed by atoms with E-state index in [0.29, 0.717) is 48.0 Å². The Morgan fingerprint density at radius 2 is 1.88 bits per heavy atom. The maximum Gasteiger partial charge on any atom is 0.433 e. The molecule has 0 spiro atoms. The van der Waals surface area contributed by atoms with Gasteiger partial charge >= 0.3 is 12.3 Å². The second-order valence-electron chi connectivity index (χ2n) is 9.30. The minimum absolute atomic E-state index is 0.0296. The summed E-state index contributed by atoms with van der Waals surface area (Å²) < 4.78 is 45.4. The molecule has 1 saturated heterocycles. The van der Waals surface area contributed by atoms with Gasteiger partial charge < -0.3 is 15.0 Å². The van der Waals surface area contributed by atoms with Crippen LogP contribution in [0.1, 0.15) is 55.8 Å². The van der Waals surface area contributed by atoms with Crippen LogP contribution in [0.5, 0.6) is 0 Å². The molecule has 1 aliphatic rings. The number of aromatic nitrogens is 3.